The van der Waals surface area contributed by atoms with Gasteiger partial charge < -0.3 is 9.72 Å². The van der Waals surface area contributed by atoms with Crippen molar-refractivity contribution in [2.45, 2.75) is 20.0 Å². The molecule has 3 nitrogen and oxygen atoms in total. The zero-order chi connectivity index (χ0) is 12.3. The largest absolute Gasteiger partial charge is 0.490 e. The first-order valence-electron chi connectivity index (χ1n) is 5.48. The Morgan fingerprint density at radius 2 is 2.00 bits per heavy atom. The molecule has 0 unspecified atom stereocenters. The molecule has 2 aromatic rings. The van der Waals surface area contributed by atoms with Crippen LogP contribution in [0, 0.1) is 4.77 Å². The highest BCUT2D eigenvalue weighted by molar-refractivity contribution is 7.71. The number of para-hydroxylation sites is 1. The minimum absolute atomic E-state index is 0.140. The van der Waals surface area contributed by atoms with E-state index in [1.165, 1.54) is 0 Å². The minimum Gasteiger partial charge on any atom is -0.490 e. The Morgan fingerprint density at radius 1 is 1.24 bits per heavy atom. The van der Waals surface area contributed by atoms with Gasteiger partial charge in [0.1, 0.15) is 5.75 Å². The lowest BCUT2D eigenvalue weighted by molar-refractivity contribution is 0.243. The van der Waals surface area contributed by atoms with Gasteiger partial charge in [-0.25, -0.2) is 4.98 Å². The van der Waals surface area contributed by atoms with Crippen molar-refractivity contribution in [2.24, 2.45) is 0 Å². The standard InChI is InChI=1S/C13H14N2OS/c1-9(2)16-12-6-4-3-5-10(12)11-7-8-14-13(17)15-11/h3-9H,1-2H3,(H,14,15,17). The van der Waals surface area contributed by atoms with Crippen molar-refractivity contribution < 1.29 is 4.74 Å². The molecule has 1 aromatic heterocycles. The molecule has 0 saturated carbocycles. The summed E-state index contributed by atoms with van der Waals surface area (Å²) in [7, 11) is 0. The van der Waals surface area contributed by atoms with Gasteiger partial charge >= 0.3 is 0 Å². The van der Waals surface area contributed by atoms with Crippen molar-refractivity contribution in [3.63, 3.8) is 0 Å². The van der Waals surface area contributed by atoms with Crippen LogP contribution in [0.4, 0.5) is 0 Å². The van der Waals surface area contributed by atoms with Crippen molar-refractivity contribution in [1.29, 1.82) is 0 Å². The topological polar surface area (TPSA) is 37.9 Å². The molecule has 0 aliphatic heterocycles. The number of H-pyrrole nitrogens is 1. The van der Waals surface area contributed by atoms with Crippen LogP contribution in [0.5, 0.6) is 5.75 Å². The number of ether oxygens (including phenoxy) is 1. The number of aromatic amines is 1. The average Bonchev–Trinajstić information content (AvgIpc) is 2.29. The number of aromatic nitrogens is 2. The van der Waals surface area contributed by atoms with Gasteiger partial charge in [0, 0.05) is 11.8 Å². The smallest absolute Gasteiger partial charge is 0.197 e. The van der Waals surface area contributed by atoms with Crippen LogP contribution in [-0.2, 0) is 0 Å². The highest BCUT2D eigenvalue weighted by Crippen LogP contribution is 2.28. The fraction of sp³-hybridized carbons (Fsp3) is 0.231. The molecule has 88 valence electrons. The molecule has 4 heteroatoms. The van der Waals surface area contributed by atoms with Crippen LogP contribution in [0.3, 0.4) is 0 Å². The first-order chi connectivity index (χ1) is 8.16. The summed E-state index contributed by atoms with van der Waals surface area (Å²) in [6.45, 7) is 4.01. The lowest BCUT2D eigenvalue weighted by Crippen LogP contribution is -2.06. The molecule has 2 rings (SSSR count). The lowest BCUT2D eigenvalue weighted by Gasteiger charge is -2.13. The number of hydrogen-bond acceptors (Lipinski definition) is 3. The first kappa shape index (κ1) is 11.8. The molecule has 17 heavy (non-hydrogen) atoms. The van der Waals surface area contributed by atoms with Gasteiger partial charge in [-0.2, -0.15) is 0 Å². The third kappa shape index (κ3) is 2.91. The summed E-state index contributed by atoms with van der Waals surface area (Å²) in [6, 6.07) is 9.76. The van der Waals surface area contributed by atoms with Crippen molar-refractivity contribution in [3.05, 3.63) is 41.3 Å². The maximum absolute atomic E-state index is 5.77. The molecule has 0 saturated heterocycles. The summed E-state index contributed by atoms with van der Waals surface area (Å²) in [6.07, 6.45) is 1.83. The van der Waals surface area contributed by atoms with E-state index in [0.717, 1.165) is 17.0 Å². The molecule has 0 radical (unpaired) electrons. The summed E-state index contributed by atoms with van der Waals surface area (Å²) in [5.41, 5.74) is 1.91. The molecule has 1 N–H and O–H groups in total. The Morgan fingerprint density at radius 3 is 2.71 bits per heavy atom. The van der Waals surface area contributed by atoms with Gasteiger partial charge in [0.25, 0.3) is 0 Å². The third-order valence-corrected chi connectivity index (χ3v) is 2.42. The second-order valence-corrected chi connectivity index (χ2v) is 4.34. The molecular weight excluding hydrogens is 232 g/mol. The SMILES string of the molecule is CC(C)Oc1ccccc1-c1ccnc(=S)[nH]1. The van der Waals surface area contributed by atoms with Crippen molar-refractivity contribution in [3.8, 4) is 17.0 Å². The van der Waals surface area contributed by atoms with Gasteiger partial charge in [-0.3, -0.25) is 0 Å². The minimum atomic E-state index is 0.140. The molecule has 1 aromatic carbocycles. The van der Waals surface area contributed by atoms with Gasteiger partial charge in [0.2, 0.25) is 0 Å². The Balaban J connectivity index is 2.48. The van der Waals surface area contributed by atoms with E-state index in [9.17, 15) is 0 Å². The molecule has 1 heterocycles. The van der Waals surface area contributed by atoms with E-state index < -0.39 is 0 Å². The van der Waals surface area contributed by atoms with Crippen LogP contribution in [-0.4, -0.2) is 16.1 Å². The fourth-order valence-corrected chi connectivity index (χ4v) is 1.74. The van der Waals surface area contributed by atoms with E-state index in [1.54, 1.807) is 6.20 Å². The van der Waals surface area contributed by atoms with E-state index >= 15 is 0 Å². The van der Waals surface area contributed by atoms with Crippen molar-refractivity contribution >= 4 is 12.2 Å². The number of nitrogens with one attached hydrogen (secondary N) is 1. The highest BCUT2D eigenvalue weighted by Gasteiger charge is 2.07. The van der Waals surface area contributed by atoms with E-state index in [2.05, 4.69) is 9.97 Å². The maximum Gasteiger partial charge on any atom is 0.197 e. The van der Waals surface area contributed by atoms with Gasteiger partial charge in [0.15, 0.2) is 4.77 Å². The Kier molecular flexibility index (Phi) is 3.54. The highest BCUT2D eigenvalue weighted by atomic mass is 32.1. The van der Waals surface area contributed by atoms with Crippen molar-refractivity contribution in [1.82, 2.24) is 9.97 Å². The van der Waals surface area contributed by atoms with E-state index in [-0.39, 0.29) is 6.10 Å². The Hall–Kier alpha value is -1.68. The third-order valence-electron chi connectivity index (χ3n) is 2.21. The van der Waals surface area contributed by atoms with Crippen molar-refractivity contribution in [2.75, 3.05) is 0 Å². The van der Waals surface area contributed by atoms with Crippen LogP contribution in [0.1, 0.15) is 13.8 Å². The van der Waals surface area contributed by atoms with Gasteiger partial charge in [-0.05, 0) is 44.3 Å². The Labute approximate surface area is 105 Å². The predicted octanol–water partition coefficient (Wildman–Crippen LogP) is 3.59. The normalized spacial score (nSPS) is 10.5. The summed E-state index contributed by atoms with van der Waals surface area (Å²) < 4.78 is 6.24. The number of rotatable bonds is 3. The van der Waals surface area contributed by atoms with E-state index in [4.69, 9.17) is 17.0 Å². The average molecular weight is 246 g/mol. The molecular formula is C13H14N2OS. The molecule has 0 atom stereocenters. The van der Waals surface area contributed by atoms with E-state index in [0.29, 0.717) is 4.77 Å². The van der Waals surface area contributed by atoms with Crippen LogP contribution < -0.4 is 4.74 Å². The zero-order valence-electron chi connectivity index (χ0n) is 9.81. The van der Waals surface area contributed by atoms with Crippen LogP contribution in [0.15, 0.2) is 36.5 Å². The van der Waals surface area contributed by atoms with Gasteiger partial charge in [-0.1, -0.05) is 12.1 Å². The van der Waals surface area contributed by atoms with Crippen LogP contribution in [0.2, 0.25) is 0 Å². The van der Waals surface area contributed by atoms with Crippen LogP contribution >= 0.6 is 12.2 Å². The summed E-state index contributed by atoms with van der Waals surface area (Å²) >= 11 is 5.02. The monoisotopic (exact) mass is 246 g/mol. The summed E-state index contributed by atoms with van der Waals surface area (Å²) in [4.78, 5) is 7.04. The van der Waals surface area contributed by atoms with Crippen LogP contribution in [0.25, 0.3) is 11.3 Å². The first-order valence-corrected chi connectivity index (χ1v) is 5.89. The maximum atomic E-state index is 5.77. The number of benzene rings is 1. The molecule has 0 aliphatic rings. The molecule has 0 bridgehead atoms. The fourth-order valence-electron chi connectivity index (χ4n) is 1.57. The zero-order valence-corrected chi connectivity index (χ0v) is 10.6. The predicted molar refractivity (Wildman–Crippen MR) is 70.6 cm³/mol. The summed E-state index contributed by atoms with van der Waals surface area (Å²) in [5.74, 6) is 0.847. The summed E-state index contributed by atoms with van der Waals surface area (Å²) in [5, 5.41) is 0. The Bertz CT molecular complexity index is 563. The van der Waals surface area contributed by atoms with Gasteiger partial charge in [0.05, 0.1) is 11.8 Å². The number of hydrogen-bond donors (Lipinski definition) is 1. The molecule has 0 spiro atoms. The lowest BCUT2D eigenvalue weighted by atomic mass is 10.1. The molecule has 0 amide bonds. The quantitative estimate of drug-likeness (QED) is 0.841. The second kappa shape index (κ2) is 5.10. The molecule has 0 fully saturated rings. The molecule has 0 aliphatic carbocycles. The number of nitrogens with zero attached hydrogens (tertiary/aromatic N) is 1. The second-order valence-electron chi connectivity index (χ2n) is 3.95. The van der Waals surface area contributed by atoms with E-state index in [1.807, 2.05) is 44.2 Å². The van der Waals surface area contributed by atoms with Gasteiger partial charge in [-0.15, -0.1) is 0 Å².